The van der Waals surface area contributed by atoms with Crippen molar-refractivity contribution in [2.75, 3.05) is 0 Å². The lowest BCUT2D eigenvalue weighted by molar-refractivity contribution is 1.48. The first-order valence-electron chi connectivity index (χ1n) is 7.35. The van der Waals surface area contributed by atoms with Crippen LogP contribution in [0.5, 0.6) is 0 Å². The van der Waals surface area contributed by atoms with Gasteiger partial charge in [-0.1, -0.05) is 41.9 Å². The van der Waals surface area contributed by atoms with Gasteiger partial charge >= 0.3 is 0 Å². The summed E-state index contributed by atoms with van der Waals surface area (Å²) in [6.07, 6.45) is 0. The molecule has 0 aliphatic carbocycles. The Morgan fingerprint density at radius 2 is 1.74 bits per heavy atom. The molecular weight excluding hydrogens is 324 g/mol. The van der Waals surface area contributed by atoms with Crippen molar-refractivity contribution in [3.63, 3.8) is 0 Å². The van der Waals surface area contributed by atoms with Gasteiger partial charge < -0.3 is 4.98 Å². The van der Waals surface area contributed by atoms with Crippen LogP contribution in [0.15, 0.2) is 60.7 Å². The highest BCUT2D eigenvalue weighted by molar-refractivity contribution is 7.22. The molecule has 110 valence electrons. The molecule has 0 atom stereocenters. The average molecular weight is 335 g/mol. The normalized spacial score (nSPS) is 11.7. The molecule has 5 rings (SSSR count). The fourth-order valence-electron chi connectivity index (χ4n) is 3.05. The van der Waals surface area contributed by atoms with Gasteiger partial charge in [0, 0.05) is 32.4 Å². The molecule has 3 aromatic carbocycles. The lowest BCUT2D eigenvalue weighted by atomic mass is 10.1. The molecule has 5 aromatic rings. The van der Waals surface area contributed by atoms with Crippen molar-refractivity contribution in [3.05, 3.63) is 65.7 Å². The second-order valence-corrected chi connectivity index (χ2v) is 6.97. The molecule has 0 aliphatic heterocycles. The Labute approximate surface area is 141 Å². The van der Waals surface area contributed by atoms with Gasteiger partial charge in [-0.3, -0.25) is 0 Å². The number of halogens is 1. The number of benzene rings is 3. The summed E-state index contributed by atoms with van der Waals surface area (Å²) >= 11 is 7.93. The van der Waals surface area contributed by atoms with E-state index in [1.54, 1.807) is 11.3 Å². The summed E-state index contributed by atoms with van der Waals surface area (Å²) in [5.41, 5.74) is 4.41. The number of H-pyrrole nitrogens is 1. The van der Waals surface area contributed by atoms with E-state index in [1.165, 1.54) is 10.1 Å². The molecule has 2 aromatic heterocycles. The topological polar surface area (TPSA) is 28.7 Å². The summed E-state index contributed by atoms with van der Waals surface area (Å²) in [4.78, 5) is 8.28. The number of fused-ring (bicyclic) bond motifs is 5. The summed E-state index contributed by atoms with van der Waals surface area (Å²) in [7, 11) is 0. The Kier molecular flexibility index (Phi) is 2.75. The quantitative estimate of drug-likeness (QED) is 0.385. The number of hydrogen-bond acceptors (Lipinski definition) is 2. The number of aromatic amines is 1. The van der Waals surface area contributed by atoms with E-state index in [2.05, 4.69) is 29.2 Å². The van der Waals surface area contributed by atoms with Crippen LogP contribution in [-0.4, -0.2) is 9.97 Å². The molecule has 0 spiro atoms. The van der Waals surface area contributed by atoms with Crippen molar-refractivity contribution in [1.29, 1.82) is 0 Å². The van der Waals surface area contributed by atoms with E-state index in [0.717, 1.165) is 37.5 Å². The zero-order valence-electron chi connectivity index (χ0n) is 12.0. The zero-order valence-corrected chi connectivity index (χ0v) is 13.6. The van der Waals surface area contributed by atoms with Gasteiger partial charge in [-0.25, -0.2) is 4.98 Å². The summed E-state index contributed by atoms with van der Waals surface area (Å²) in [6.45, 7) is 0. The highest BCUT2D eigenvalue weighted by Gasteiger charge is 2.13. The van der Waals surface area contributed by atoms with Crippen LogP contribution in [0.4, 0.5) is 0 Å². The molecule has 23 heavy (non-hydrogen) atoms. The van der Waals surface area contributed by atoms with Crippen molar-refractivity contribution in [2.45, 2.75) is 0 Å². The first-order valence-corrected chi connectivity index (χ1v) is 8.55. The first-order chi connectivity index (χ1) is 11.3. The maximum absolute atomic E-state index is 6.20. The highest BCUT2D eigenvalue weighted by atomic mass is 35.5. The summed E-state index contributed by atoms with van der Waals surface area (Å²) in [5.74, 6) is 0. The van der Waals surface area contributed by atoms with Crippen LogP contribution in [0.3, 0.4) is 0 Å². The lowest BCUT2D eigenvalue weighted by Gasteiger charge is -1.94. The van der Waals surface area contributed by atoms with Crippen LogP contribution in [0, 0.1) is 0 Å². The molecule has 2 heterocycles. The van der Waals surface area contributed by atoms with E-state index in [0.29, 0.717) is 0 Å². The van der Waals surface area contributed by atoms with E-state index in [1.807, 2.05) is 36.4 Å². The average Bonchev–Trinajstić information content (AvgIpc) is 3.16. The SMILES string of the molecule is Clc1ccc2[nH]c3ccc4nc(-c5ccccc5)sc4c3c2c1. The molecule has 4 heteroatoms. The molecular formula is C19H11ClN2S. The van der Waals surface area contributed by atoms with Gasteiger partial charge in [0.2, 0.25) is 0 Å². The Bertz CT molecular complexity index is 1170. The fourth-order valence-corrected chi connectivity index (χ4v) is 4.35. The molecule has 0 fully saturated rings. The standard InChI is InChI=1S/C19H11ClN2S/c20-12-6-7-14-13(10-12)17-15(21-14)8-9-16-18(17)23-19(22-16)11-4-2-1-3-5-11/h1-10,21H. The minimum atomic E-state index is 0.753. The van der Waals surface area contributed by atoms with Crippen molar-refractivity contribution < 1.29 is 0 Å². The van der Waals surface area contributed by atoms with Crippen molar-refractivity contribution in [2.24, 2.45) is 0 Å². The van der Waals surface area contributed by atoms with E-state index in [-0.39, 0.29) is 0 Å². The molecule has 2 nitrogen and oxygen atoms in total. The second-order valence-electron chi connectivity index (χ2n) is 5.54. The van der Waals surface area contributed by atoms with Gasteiger partial charge in [0.15, 0.2) is 0 Å². The summed E-state index contributed by atoms with van der Waals surface area (Å²) in [6, 6.07) is 20.5. The third kappa shape index (κ3) is 1.97. The van der Waals surface area contributed by atoms with Gasteiger partial charge in [-0.15, -0.1) is 11.3 Å². The molecule has 0 saturated heterocycles. The number of rotatable bonds is 1. The van der Waals surface area contributed by atoms with Crippen LogP contribution in [0.25, 0.3) is 42.6 Å². The highest BCUT2D eigenvalue weighted by Crippen LogP contribution is 2.38. The van der Waals surface area contributed by atoms with Crippen molar-refractivity contribution in [3.8, 4) is 10.6 Å². The Morgan fingerprint density at radius 3 is 2.61 bits per heavy atom. The van der Waals surface area contributed by atoms with Crippen LogP contribution < -0.4 is 0 Å². The van der Waals surface area contributed by atoms with Gasteiger partial charge in [0.1, 0.15) is 5.01 Å². The number of aromatic nitrogens is 2. The number of nitrogens with one attached hydrogen (secondary N) is 1. The molecule has 0 radical (unpaired) electrons. The Hall–Kier alpha value is -2.36. The monoisotopic (exact) mass is 334 g/mol. The Balaban J connectivity index is 1.90. The maximum Gasteiger partial charge on any atom is 0.124 e. The van der Waals surface area contributed by atoms with Crippen LogP contribution in [0.1, 0.15) is 0 Å². The van der Waals surface area contributed by atoms with Gasteiger partial charge in [0.05, 0.1) is 10.2 Å². The first kappa shape index (κ1) is 13.1. The molecule has 1 N–H and O–H groups in total. The number of nitrogens with zero attached hydrogens (tertiary/aromatic N) is 1. The van der Waals surface area contributed by atoms with Crippen LogP contribution >= 0.6 is 22.9 Å². The molecule has 0 bridgehead atoms. The fraction of sp³-hybridized carbons (Fsp3) is 0. The van der Waals surface area contributed by atoms with E-state index in [9.17, 15) is 0 Å². The lowest BCUT2D eigenvalue weighted by Crippen LogP contribution is -1.73. The van der Waals surface area contributed by atoms with Crippen LogP contribution in [0.2, 0.25) is 5.02 Å². The summed E-state index contributed by atoms with van der Waals surface area (Å²) < 4.78 is 1.20. The molecule has 0 unspecified atom stereocenters. The third-order valence-corrected chi connectivity index (χ3v) is 5.47. The number of thiazole rings is 1. The predicted molar refractivity (Wildman–Crippen MR) is 99.4 cm³/mol. The van der Waals surface area contributed by atoms with Crippen molar-refractivity contribution in [1.82, 2.24) is 9.97 Å². The summed E-state index contributed by atoms with van der Waals surface area (Å²) in [5, 5.41) is 4.16. The minimum absolute atomic E-state index is 0.753. The van der Waals surface area contributed by atoms with Gasteiger partial charge in [0.25, 0.3) is 0 Å². The second kappa shape index (κ2) is 4.82. The van der Waals surface area contributed by atoms with Gasteiger partial charge in [-0.05, 0) is 30.3 Å². The Morgan fingerprint density at radius 1 is 0.913 bits per heavy atom. The maximum atomic E-state index is 6.20. The molecule has 0 amide bonds. The van der Waals surface area contributed by atoms with Crippen molar-refractivity contribution >= 4 is 55.0 Å². The molecule has 0 saturated carbocycles. The van der Waals surface area contributed by atoms with E-state index in [4.69, 9.17) is 16.6 Å². The van der Waals surface area contributed by atoms with Crippen LogP contribution in [-0.2, 0) is 0 Å². The zero-order chi connectivity index (χ0) is 15.4. The van der Waals surface area contributed by atoms with E-state index < -0.39 is 0 Å². The largest absolute Gasteiger partial charge is 0.354 e. The smallest absolute Gasteiger partial charge is 0.124 e. The minimum Gasteiger partial charge on any atom is -0.354 e. The molecule has 0 aliphatic rings. The third-order valence-electron chi connectivity index (χ3n) is 4.10. The number of hydrogen-bond donors (Lipinski definition) is 1. The van der Waals surface area contributed by atoms with Gasteiger partial charge in [-0.2, -0.15) is 0 Å². The van der Waals surface area contributed by atoms with E-state index >= 15 is 0 Å². The predicted octanol–water partition coefficient (Wildman–Crippen LogP) is 6.25.